The zero-order chi connectivity index (χ0) is 30.2. The van der Waals surface area contributed by atoms with Gasteiger partial charge in [0, 0.05) is 24.2 Å². The van der Waals surface area contributed by atoms with Gasteiger partial charge in [-0.2, -0.15) is 5.26 Å². The van der Waals surface area contributed by atoms with Crippen LogP contribution in [0.4, 0.5) is 11.4 Å². The van der Waals surface area contributed by atoms with Gasteiger partial charge >= 0.3 is 0 Å². The number of fused-ring (bicyclic) bond motifs is 3. The Hall–Kier alpha value is -6.18. The molecule has 6 aromatic rings. The van der Waals surface area contributed by atoms with Crippen molar-refractivity contribution in [3.63, 3.8) is 0 Å². The minimum Gasteiger partial charge on any atom is -0.359 e. The molecule has 0 radical (unpaired) electrons. The van der Waals surface area contributed by atoms with Crippen LogP contribution in [0.3, 0.4) is 0 Å². The lowest BCUT2D eigenvalue weighted by molar-refractivity contribution is 0.908. The Kier molecular flexibility index (Phi) is 6.55. The van der Waals surface area contributed by atoms with Crippen molar-refractivity contribution in [3.05, 3.63) is 164 Å². The fourth-order valence-corrected chi connectivity index (χ4v) is 6.19. The van der Waals surface area contributed by atoms with Gasteiger partial charge in [0.25, 0.3) is 0 Å². The zero-order valence-corrected chi connectivity index (χ0v) is 24.4. The molecule has 1 unspecified atom stereocenters. The third-order valence-corrected chi connectivity index (χ3v) is 8.61. The smallest absolute Gasteiger partial charge is 0.123 e. The van der Waals surface area contributed by atoms with Crippen LogP contribution in [0, 0.1) is 11.3 Å². The molecule has 0 fully saturated rings. The molecule has 1 aromatic heterocycles. The maximum atomic E-state index is 9.16. The Bertz CT molecular complexity index is 2100. The summed E-state index contributed by atoms with van der Waals surface area (Å²) < 4.78 is 0. The highest BCUT2D eigenvalue weighted by atomic mass is 15.3. The summed E-state index contributed by atoms with van der Waals surface area (Å²) in [6, 6.07) is 44.8. The maximum absolute atomic E-state index is 9.16. The highest BCUT2D eigenvalue weighted by molar-refractivity contribution is 5.96. The molecule has 45 heavy (non-hydrogen) atoms. The molecule has 1 atom stereocenters. The Morgan fingerprint density at radius 1 is 0.600 bits per heavy atom. The molecular formula is C41H28N4. The van der Waals surface area contributed by atoms with Crippen LogP contribution in [0.5, 0.6) is 0 Å². The first kappa shape index (κ1) is 26.4. The molecule has 2 aliphatic heterocycles. The number of nitriles is 1. The topological polar surface area (TPSA) is 52.0 Å². The van der Waals surface area contributed by atoms with Crippen molar-refractivity contribution in [1.29, 1.82) is 5.26 Å². The van der Waals surface area contributed by atoms with Gasteiger partial charge in [0.15, 0.2) is 0 Å². The minimum atomic E-state index is 0.0916. The van der Waals surface area contributed by atoms with Crippen LogP contribution >= 0.6 is 0 Å². The quantitative estimate of drug-likeness (QED) is 0.222. The van der Waals surface area contributed by atoms with Crippen molar-refractivity contribution in [2.75, 3.05) is 10.2 Å². The molecule has 2 aliphatic rings. The van der Waals surface area contributed by atoms with E-state index in [9.17, 15) is 0 Å². The fourth-order valence-electron chi connectivity index (χ4n) is 6.19. The van der Waals surface area contributed by atoms with E-state index in [2.05, 4.69) is 137 Å². The summed E-state index contributed by atoms with van der Waals surface area (Å²) in [7, 11) is 0. The second-order valence-corrected chi connectivity index (χ2v) is 11.3. The van der Waals surface area contributed by atoms with Gasteiger partial charge in [-0.05, 0) is 92.6 Å². The van der Waals surface area contributed by atoms with Gasteiger partial charge < -0.3 is 10.2 Å². The highest BCUT2D eigenvalue weighted by Gasteiger charge is 2.29. The molecule has 0 saturated heterocycles. The first-order valence-electron chi connectivity index (χ1n) is 15.0. The summed E-state index contributed by atoms with van der Waals surface area (Å²) in [4.78, 5) is 6.55. The number of aromatic nitrogens is 1. The lowest BCUT2D eigenvalue weighted by atomic mass is 9.93. The van der Waals surface area contributed by atoms with Gasteiger partial charge in [-0.25, -0.2) is 0 Å². The molecule has 4 nitrogen and oxygen atoms in total. The minimum absolute atomic E-state index is 0.0916. The van der Waals surface area contributed by atoms with Gasteiger partial charge in [-0.3, -0.25) is 4.98 Å². The number of pyridine rings is 1. The van der Waals surface area contributed by atoms with Crippen LogP contribution < -0.4 is 10.2 Å². The molecule has 0 amide bonds. The van der Waals surface area contributed by atoms with E-state index in [1.807, 2.05) is 36.5 Å². The van der Waals surface area contributed by atoms with Crippen LogP contribution in [0.15, 0.2) is 158 Å². The molecule has 1 N–H and O–H groups in total. The number of hydrogen-bond acceptors (Lipinski definition) is 4. The molecule has 212 valence electrons. The summed E-state index contributed by atoms with van der Waals surface area (Å²) in [5.41, 5.74) is 14.5. The first-order chi connectivity index (χ1) is 22.2. The van der Waals surface area contributed by atoms with Crippen molar-refractivity contribution in [3.8, 4) is 61.7 Å². The second kappa shape index (κ2) is 11.1. The molecular weight excluding hydrogens is 548 g/mol. The zero-order valence-electron chi connectivity index (χ0n) is 24.4. The van der Waals surface area contributed by atoms with Crippen LogP contribution in [-0.4, -0.2) is 11.1 Å². The lowest BCUT2D eigenvalue weighted by Gasteiger charge is -2.22. The molecule has 0 bridgehead atoms. The lowest BCUT2D eigenvalue weighted by Crippen LogP contribution is -2.30. The van der Waals surface area contributed by atoms with Crippen LogP contribution in [0.25, 0.3) is 55.6 Å². The van der Waals surface area contributed by atoms with Crippen molar-refractivity contribution < 1.29 is 0 Å². The number of allylic oxidation sites excluding steroid dienone is 2. The van der Waals surface area contributed by atoms with E-state index < -0.39 is 0 Å². The Labute approximate surface area is 262 Å². The van der Waals surface area contributed by atoms with Gasteiger partial charge in [-0.1, -0.05) is 97.1 Å². The molecule has 0 aliphatic carbocycles. The number of nitrogens with one attached hydrogen (secondary N) is 1. The third kappa shape index (κ3) is 4.97. The average Bonchev–Trinajstić information content (AvgIpc) is 3.51. The normalized spacial score (nSPS) is 14.4. The Morgan fingerprint density at radius 3 is 1.73 bits per heavy atom. The maximum Gasteiger partial charge on any atom is 0.123 e. The summed E-state index contributed by atoms with van der Waals surface area (Å²) in [5, 5.41) is 12.9. The van der Waals surface area contributed by atoms with E-state index in [0.717, 1.165) is 33.5 Å². The standard InChI is InChI=1S/C41H28N4/c42-26-28-6-8-29(9-7-28)32-18-20-35(21-19-32)38-24-37(25-39-41(38)44-40-5-1-2-23-45(39)40)34-16-12-31(13-17-34)30-10-14-33(15-11-30)36-4-3-22-43-27-36/h1-25,27,40,44H. The molecule has 3 heterocycles. The van der Waals surface area contributed by atoms with E-state index in [1.54, 1.807) is 6.20 Å². The Balaban J connectivity index is 1.14. The largest absolute Gasteiger partial charge is 0.359 e. The van der Waals surface area contributed by atoms with Gasteiger partial charge in [0.1, 0.15) is 6.17 Å². The van der Waals surface area contributed by atoms with E-state index in [0.29, 0.717) is 5.56 Å². The van der Waals surface area contributed by atoms with Crippen LogP contribution in [0.1, 0.15) is 5.56 Å². The second-order valence-electron chi connectivity index (χ2n) is 11.3. The van der Waals surface area contributed by atoms with Crippen molar-refractivity contribution >= 4 is 11.4 Å². The predicted octanol–water partition coefficient (Wildman–Crippen LogP) is 9.93. The highest BCUT2D eigenvalue weighted by Crippen LogP contribution is 2.46. The SMILES string of the molecule is N#Cc1ccc(-c2ccc(-c3cc(-c4ccc(-c5ccc(-c6cccnc6)cc5)cc4)cc4c3NC3C=CC=CN43)cc2)cc1. The van der Waals surface area contributed by atoms with E-state index in [4.69, 9.17) is 5.26 Å². The summed E-state index contributed by atoms with van der Waals surface area (Å²) >= 11 is 0. The molecule has 0 saturated carbocycles. The third-order valence-electron chi connectivity index (χ3n) is 8.61. The predicted molar refractivity (Wildman–Crippen MR) is 184 cm³/mol. The molecule has 0 spiro atoms. The van der Waals surface area contributed by atoms with Crippen LogP contribution in [0.2, 0.25) is 0 Å². The number of hydrogen-bond donors (Lipinski definition) is 1. The summed E-state index contributed by atoms with van der Waals surface area (Å²) in [6.45, 7) is 0. The van der Waals surface area contributed by atoms with Crippen molar-refractivity contribution in [1.82, 2.24) is 4.98 Å². The molecule has 5 aromatic carbocycles. The van der Waals surface area contributed by atoms with E-state index in [1.165, 1.54) is 33.5 Å². The molecule has 8 rings (SSSR count). The average molecular weight is 577 g/mol. The monoisotopic (exact) mass is 576 g/mol. The van der Waals surface area contributed by atoms with Gasteiger partial charge in [0.2, 0.25) is 0 Å². The van der Waals surface area contributed by atoms with Gasteiger partial charge in [0.05, 0.1) is 23.0 Å². The fraction of sp³-hybridized carbons (Fsp3) is 0.0244. The number of rotatable bonds is 5. The van der Waals surface area contributed by atoms with Crippen LogP contribution in [-0.2, 0) is 0 Å². The number of benzene rings is 5. The number of nitrogens with zero attached hydrogens (tertiary/aromatic N) is 3. The summed E-state index contributed by atoms with van der Waals surface area (Å²) in [5.74, 6) is 0. The first-order valence-corrected chi connectivity index (χ1v) is 15.0. The van der Waals surface area contributed by atoms with E-state index in [-0.39, 0.29) is 6.17 Å². The Morgan fingerprint density at radius 2 is 1.16 bits per heavy atom. The number of anilines is 2. The molecule has 4 heteroatoms. The summed E-state index contributed by atoms with van der Waals surface area (Å²) in [6.07, 6.45) is 12.3. The van der Waals surface area contributed by atoms with Crippen molar-refractivity contribution in [2.24, 2.45) is 0 Å². The van der Waals surface area contributed by atoms with Crippen molar-refractivity contribution in [2.45, 2.75) is 6.17 Å². The van der Waals surface area contributed by atoms with E-state index >= 15 is 0 Å². The van der Waals surface area contributed by atoms with Gasteiger partial charge in [-0.15, -0.1) is 0 Å².